The van der Waals surface area contributed by atoms with Crippen LogP contribution in [-0.2, 0) is 21.3 Å². The Morgan fingerprint density at radius 2 is 1.82 bits per heavy atom. The lowest BCUT2D eigenvalue weighted by Gasteiger charge is -2.23. The molecule has 1 aromatic rings. The fourth-order valence-electron chi connectivity index (χ4n) is 4.53. The van der Waals surface area contributed by atoms with Crippen LogP contribution in [0.5, 0.6) is 0 Å². The van der Waals surface area contributed by atoms with E-state index in [-0.39, 0.29) is 11.5 Å². The molecule has 0 aromatic heterocycles. The van der Waals surface area contributed by atoms with Crippen LogP contribution < -0.4 is 5.73 Å². The molecule has 1 unspecified atom stereocenters. The number of nitrogen functional groups attached to an aromatic ring is 1. The second-order valence-electron chi connectivity index (χ2n) is 9.69. The minimum absolute atomic E-state index is 0.0884. The first kappa shape index (κ1) is 23.2. The summed E-state index contributed by atoms with van der Waals surface area (Å²) >= 11 is 0. The van der Waals surface area contributed by atoms with Gasteiger partial charge in [0.2, 0.25) is 0 Å². The van der Waals surface area contributed by atoms with Crippen molar-refractivity contribution in [3.8, 4) is 0 Å². The van der Waals surface area contributed by atoms with E-state index in [1.54, 1.807) is 7.11 Å². The van der Waals surface area contributed by atoms with Crippen molar-refractivity contribution in [2.45, 2.75) is 103 Å². The Morgan fingerprint density at radius 1 is 1.07 bits per heavy atom. The minimum Gasteiger partial charge on any atom is -0.398 e. The Balaban J connectivity index is 1.78. The highest BCUT2D eigenvalue weighted by Crippen LogP contribution is 2.30. The van der Waals surface area contributed by atoms with Gasteiger partial charge in [0.25, 0.3) is 0 Å². The monoisotopic (exact) mass is 389 g/mol. The first-order valence-corrected chi connectivity index (χ1v) is 11.4. The number of methoxy groups -OCH3 is 1. The van der Waals surface area contributed by atoms with Gasteiger partial charge in [0.05, 0.1) is 6.10 Å². The van der Waals surface area contributed by atoms with Crippen LogP contribution >= 0.6 is 0 Å². The second-order valence-corrected chi connectivity index (χ2v) is 9.69. The van der Waals surface area contributed by atoms with Crippen molar-refractivity contribution < 1.29 is 9.47 Å². The molecular weight excluding hydrogens is 346 g/mol. The smallest absolute Gasteiger partial charge is 0.146 e. The molecule has 1 aromatic carbocycles. The van der Waals surface area contributed by atoms with Crippen molar-refractivity contribution in [1.29, 1.82) is 0 Å². The third-order valence-electron chi connectivity index (χ3n) is 6.21. The van der Waals surface area contributed by atoms with Crippen LogP contribution in [0.15, 0.2) is 18.2 Å². The summed E-state index contributed by atoms with van der Waals surface area (Å²) in [5.41, 5.74) is 9.84. The van der Waals surface area contributed by atoms with E-state index in [0.717, 1.165) is 30.9 Å². The number of benzene rings is 1. The Morgan fingerprint density at radius 3 is 2.46 bits per heavy atom. The highest BCUT2D eigenvalue weighted by atomic mass is 16.7. The summed E-state index contributed by atoms with van der Waals surface area (Å²) in [4.78, 5) is 0. The van der Waals surface area contributed by atoms with Gasteiger partial charge in [0.1, 0.15) is 6.79 Å². The van der Waals surface area contributed by atoms with Gasteiger partial charge in [0.15, 0.2) is 0 Å². The first-order valence-electron chi connectivity index (χ1n) is 11.4. The number of ether oxygens (including phenoxy) is 2. The Hall–Kier alpha value is -1.06. The fraction of sp³-hybridized carbons (Fsp3) is 0.760. The average molecular weight is 390 g/mol. The summed E-state index contributed by atoms with van der Waals surface area (Å²) in [7, 11) is 1.70. The van der Waals surface area contributed by atoms with Crippen LogP contribution in [0.1, 0.15) is 96.1 Å². The number of nitrogens with two attached hydrogens (primary N) is 1. The van der Waals surface area contributed by atoms with Crippen molar-refractivity contribution in [1.82, 2.24) is 0 Å². The van der Waals surface area contributed by atoms with E-state index in [0.29, 0.717) is 6.79 Å². The number of hydrogen-bond acceptors (Lipinski definition) is 3. The number of rotatable bonds is 11. The van der Waals surface area contributed by atoms with E-state index in [4.69, 9.17) is 15.2 Å². The van der Waals surface area contributed by atoms with Crippen molar-refractivity contribution in [3.05, 3.63) is 29.3 Å². The third-order valence-corrected chi connectivity index (χ3v) is 6.21. The highest BCUT2D eigenvalue weighted by Gasteiger charge is 2.18. The Labute approximate surface area is 173 Å². The van der Waals surface area contributed by atoms with E-state index >= 15 is 0 Å². The van der Waals surface area contributed by atoms with Crippen LogP contribution in [0.4, 0.5) is 5.69 Å². The van der Waals surface area contributed by atoms with Gasteiger partial charge in [-0.05, 0) is 47.8 Å². The molecule has 1 aliphatic rings. The molecule has 0 bridgehead atoms. The molecule has 2 rings (SSSR count). The van der Waals surface area contributed by atoms with Gasteiger partial charge < -0.3 is 15.2 Å². The van der Waals surface area contributed by atoms with Crippen LogP contribution in [-0.4, -0.2) is 20.0 Å². The largest absolute Gasteiger partial charge is 0.398 e. The molecule has 1 aliphatic carbocycles. The highest BCUT2D eigenvalue weighted by molar-refractivity contribution is 5.52. The van der Waals surface area contributed by atoms with E-state index in [9.17, 15) is 0 Å². The zero-order valence-corrected chi connectivity index (χ0v) is 18.8. The van der Waals surface area contributed by atoms with Gasteiger partial charge in [-0.25, -0.2) is 0 Å². The maximum Gasteiger partial charge on any atom is 0.146 e. The van der Waals surface area contributed by atoms with E-state index in [1.165, 1.54) is 62.5 Å². The minimum atomic E-state index is 0.0884. The maximum absolute atomic E-state index is 6.31. The lowest BCUT2D eigenvalue weighted by Crippen LogP contribution is -2.17. The number of aryl methyl sites for hydroxylation is 1. The van der Waals surface area contributed by atoms with Gasteiger partial charge in [0, 0.05) is 12.8 Å². The van der Waals surface area contributed by atoms with E-state index in [2.05, 4.69) is 39.0 Å². The quantitative estimate of drug-likeness (QED) is 0.262. The predicted molar refractivity (Wildman–Crippen MR) is 120 cm³/mol. The van der Waals surface area contributed by atoms with Gasteiger partial charge in [-0.2, -0.15) is 0 Å². The molecule has 0 amide bonds. The normalized spacial score (nSPS) is 17.0. The lowest BCUT2D eigenvalue weighted by molar-refractivity contribution is -0.0769. The Kier molecular flexibility index (Phi) is 9.81. The summed E-state index contributed by atoms with van der Waals surface area (Å²) < 4.78 is 11.1. The molecule has 28 heavy (non-hydrogen) atoms. The van der Waals surface area contributed by atoms with Crippen LogP contribution in [0, 0.1) is 5.92 Å². The third kappa shape index (κ3) is 8.13. The van der Waals surface area contributed by atoms with Gasteiger partial charge in [-0.15, -0.1) is 0 Å². The standard InChI is InChI=1S/C25H43NO2/c1-25(2,3)23-17-15-21(18-24(23)26)14-16-22(28-19-27-4)13-9-8-12-20-10-6-5-7-11-20/h15,17-18,20,22H,5-14,16,19,26H2,1-4H3. The molecule has 3 heteroatoms. The van der Waals surface area contributed by atoms with Crippen molar-refractivity contribution in [3.63, 3.8) is 0 Å². The fourth-order valence-corrected chi connectivity index (χ4v) is 4.53. The molecule has 1 atom stereocenters. The Bertz CT molecular complexity index is 558. The molecule has 1 saturated carbocycles. The topological polar surface area (TPSA) is 44.5 Å². The van der Waals surface area contributed by atoms with Gasteiger partial charge >= 0.3 is 0 Å². The van der Waals surface area contributed by atoms with Crippen molar-refractivity contribution >= 4 is 5.69 Å². The van der Waals surface area contributed by atoms with Crippen molar-refractivity contribution in [2.75, 3.05) is 19.6 Å². The number of unbranched alkanes of at least 4 members (excludes halogenated alkanes) is 1. The predicted octanol–water partition coefficient (Wildman–Crippen LogP) is 6.63. The molecule has 2 N–H and O–H groups in total. The lowest BCUT2D eigenvalue weighted by atomic mass is 9.85. The maximum atomic E-state index is 6.31. The molecule has 0 spiro atoms. The molecule has 160 valence electrons. The van der Waals surface area contributed by atoms with Crippen molar-refractivity contribution in [2.24, 2.45) is 5.92 Å². The summed E-state index contributed by atoms with van der Waals surface area (Å²) in [6, 6.07) is 6.57. The second kappa shape index (κ2) is 11.8. The molecule has 1 fully saturated rings. The summed E-state index contributed by atoms with van der Waals surface area (Å²) in [5.74, 6) is 0.983. The zero-order valence-electron chi connectivity index (χ0n) is 18.8. The van der Waals surface area contributed by atoms with Crippen LogP contribution in [0.2, 0.25) is 0 Å². The number of hydrogen-bond donors (Lipinski definition) is 1. The van der Waals surface area contributed by atoms with Gasteiger partial charge in [-0.1, -0.05) is 84.3 Å². The molecule has 0 radical (unpaired) electrons. The molecule has 0 aliphatic heterocycles. The van der Waals surface area contributed by atoms with E-state index < -0.39 is 0 Å². The van der Waals surface area contributed by atoms with Gasteiger partial charge in [-0.3, -0.25) is 0 Å². The molecular formula is C25H43NO2. The van der Waals surface area contributed by atoms with Crippen LogP contribution in [0.3, 0.4) is 0 Å². The zero-order chi connectivity index (χ0) is 20.4. The molecule has 3 nitrogen and oxygen atoms in total. The average Bonchev–Trinajstić information content (AvgIpc) is 2.66. The van der Waals surface area contributed by atoms with E-state index in [1.807, 2.05) is 0 Å². The summed E-state index contributed by atoms with van der Waals surface area (Å²) in [6.45, 7) is 7.01. The summed E-state index contributed by atoms with van der Waals surface area (Å²) in [5, 5.41) is 0. The first-order chi connectivity index (χ1) is 13.4. The number of anilines is 1. The molecule has 0 saturated heterocycles. The van der Waals surface area contributed by atoms with Crippen LogP contribution in [0.25, 0.3) is 0 Å². The SMILES string of the molecule is COCOC(CCCCC1CCCCC1)CCc1ccc(C(C)(C)C)c(N)c1. The molecule has 0 heterocycles. The summed E-state index contributed by atoms with van der Waals surface area (Å²) in [6.07, 6.45) is 14.7.